The normalized spacial score (nSPS) is 10.8. The average Bonchev–Trinajstić information content (AvgIpc) is 2.53. The summed E-state index contributed by atoms with van der Waals surface area (Å²) < 4.78 is 0. The van der Waals surface area contributed by atoms with Gasteiger partial charge in [-0.15, -0.1) is 0 Å². The maximum atomic E-state index is 4.24. The molecule has 1 N–H and O–H groups in total. The van der Waals surface area contributed by atoms with Crippen molar-refractivity contribution in [1.29, 1.82) is 0 Å². The number of pyridine rings is 1. The van der Waals surface area contributed by atoms with Crippen LogP contribution in [0.2, 0.25) is 0 Å². The van der Waals surface area contributed by atoms with Crippen LogP contribution in [0.5, 0.6) is 0 Å². The van der Waals surface area contributed by atoms with Crippen LogP contribution in [0.25, 0.3) is 11.0 Å². The highest BCUT2D eigenvalue weighted by atomic mass is 14.9. The van der Waals surface area contributed by atoms with Crippen LogP contribution in [-0.2, 0) is 6.42 Å². The van der Waals surface area contributed by atoms with Crippen molar-refractivity contribution in [3.8, 4) is 0 Å². The van der Waals surface area contributed by atoms with Crippen LogP contribution in [0.4, 0.5) is 0 Å². The smallest absolute Gasteiger partial charge is 0.0945 e. The van der Waals surface area contributed by atoms with Crippen LogP contribution >= 0.6 is 0 Å². The van der Waals surface area contributed by atoms with Crippen molar-refractivity contribution in [2.24, 2.45) is 0 Å². The summed E-state index contributed by atoms with van der Waals surface area (Å²) in [5.41, 5.74) is 3.32. The van der Waals surface area contributed by atoms with Crippen molar-refractivity contribution in [2.45, 2.75) is 19.8 Å². The van der Waals surface area contributed by atoms with Crippen molar-refractivity contribution in [2.75, 3.05) is 0 Å². The van der Waals surface area contributed by atoms with E-state index in [4.69, 9.17) is 0 Å². The van der Waals surface area contributed by atoms with Gasteiger partial charge in [0.25, 0.3) is 0 Å². The van der Waals surface area contributed by atoms with Crippen LogP contribution in [0.15, 0.2) is 18.7 Å². The second-order valence-corrected chi connectivity index (χ2v) is 2.85. The van der Waals surface area contributed by atoms with Gasteiger partial charge in [0.05, 0.1) is 23.6 Å². The van der Waals surface area contributed by atoms with Crippen LogP contribution in [0.3, 0.4) is 0 Å². The maximum Gasteiger partial charge on any atom is 0.0945 e. The molecule has 2 aromatic rings. The predicted molar refractivity (Wildman–Crippen MR) is 47.9 cm³/mol. The largest absolute Gasteiger partial charge is 0.343 e. The molecule has 0 spiro atoms. The molecule has 0 amide bonds. The van der Waals surface area contributed by atoms with E-state index in [2.05, 4.69) is 21.9 Å². The fraction of sp³-hybridized carbons (Fsp3) is 0.333. The Balaban J connectivity index is 2.57. The number of hydrogen-bond acceptors (Lipinski definition) is 2. The summed E-state index contributed by atoms with van der Waals surface area (Å²) in [5.74, 6) is 0. The number of aromatic nitrogens is 3. The minimum Gasteiger partial charge on any atom is -0.343 e. The molecule has 0 radical (unpaired) electrons. The third-order valence-corrected chi connectivity index (χ3v) is 1.93. The molecule has 0 saturated carbocycles. The summed E-state index contributed by atoms with van der Waals surface area (Å²) >= 11 is 0. The predicted octanol–water partition coefficient (Wildman–Crippen LogP) is 1.91. The SMILES string of the molecule is CCCc1cncc2[nH]cnc12. The third-order valence-electron chi connectivity index (χ3n) is 1.93. The lowest BCUT2D eigenvalue weighted by molar-refractivity contribution is 0.920. The Labute approximate surface area is 70.9 Å². The van der Waals surface area contributed by atoms with Gasteiger partial charge < -0.3 is 4.98 Å². The van der Waals surface area contributed by atoms with Gasteiger partial charge in [0.2, 0.25) is 0 Å². The van der Waals surface area contributed by atoms with Gasteiger partial charge in [0.15, 0.2) is 0 Å². The highest BCUT2D eigenvalue weighted by molar-refractivity contribution is 5.76. The molecule has 0 unspecified atom stereocenters. The first-order valence-corrected chi connectivity index (χ1v) is 4.17. The highest BCUT2D eigenvalue weighted by Gasteiger charge is 2.01. The maximum absolute atomic E-state index is 4.24. The van der Waals surface area contributed by atoms with Crippen molar-refractivity contribution in [1.82, 2.24) is 15.0 Å². The van der Waals surface area contributed by atoms with Crippen LogP contribution in [-0.4, -0.2) is 15.0 Å². The van der Waals surface area contributed by atoms with Crippen LogP contribution in [0.1, 0.15) is 18.9 Å². The van der Waals surface area contributed by atoms with Gasteiger partial charge in [-0.1, -0.05) is 13.3 Å². The first-order chi connectivity index (χ1) is 5.92. The van der Waals surface area contributed by atoms with Gasteiger partial charge in [-0.2, -0.15) is 0 Å². The second kappa shape index (κ2) is 2.93. The molecule has 0 aliphatic rings. The molecule has 0 aliphatic carbocycles. The van der Waals surface area contributed by atoms with E-state index in [9.17, 15) is 0 Å². The van der Waals surface area contributed by atoms with E-state index in [-0.39, 0.29) is 0 Å². The molecule has 2 heterocycles. The van der Waals surface area contributed by atoms with Crippen molar-refractivity contribution in [3.63, 3.8) is 0 Å². The first kappa shape index (κ1) is 7.28. The average molecular weight is 161 g/mol. The number of H-pyrrole nitrogens is 1. The Morgan fingerprint density at radius 3 is 3.17 bits per heavy atom. The number of aryl methyl sites for hydroxylation is 1. The molecule has 0 aromatic carbocycles. The minimum atomic E-state index is 1.03. The molecule has 0 bridgehead atoms. The summed E-state index contributed by atoms with van der Waals surface area (Å²) in [4.78, 5) is 11.4. The van der Waals surface area contributed by atoms with E-state index in [1.807, 2.05) is 12.4 Å². The summed E-state index contributed by atoms with van der Waals surface area (Å²) in [5, 5.41) is 0. The molecule has 2 aromatic heterocycles. The Morgan fingerprint density at radius 1 is 1.42 bits per heavy atom. The lowest BCUT2D eigenvalue weighted by atomic mass is 10.1. The van der Waals surface area contributed by atoms with Crippen molar-refractivity contribution in [3.05, 3.63) is 24.3 Å². The van der Waals surface area contributed by atoms with Gasteiger partial charge in [-0.05, 0) is 12.0 Å². The number of nitrogens with one attached hydrogen (secondary N) is 1. The van der Waals surface area contributed by atoms with Gasteiger partial charge >= 0.3 is 0 Å². The van der Waals surface area contributed by atoms with E-state index < -0.39 is 0 Å². The van der Waals surface area contributed by atoms with Crippen LogP contribution in [0, 0.1) is 0 Å². The minimum absolute atomic E-state index is 1.03. The molecule has 0 atom stereocenters. The number of imidazole rings is 1. The number of nitrogens with zero attached hydrogens (tertiary/aromatic N) is 2. The molecular weight excluding hydrogens is 150 g/mol. The van der Waals surface area contributed by atoms with E-state index in [0.29, 0.717) is 0 Å². The van der Waals surface area contributed by atoms with Gasteiger partial charge in [-0.3, -0.25) is 4.98 Å². The number of fused-ring (bicyclic) bond motifs is 1. The third kappa shape index (κ3) is 1.07. The Kier molecular flexibility index (Phi) is 1.78. The summed E-state index contributed by atoms with van der Waals surface area (Å²) in [7, 11) is 0. The van der Waals surface area contributed by atoms with Gasteiger partial charge in [0, 0.05) is 6.20 Å². The van der Waals surface area contributed by atoms with Crippen molar-refractivity contribution >= 4 is 11.0 Å². The molecule has 0 fully saturated rings. The second-order valence-electron chi connectivity index (χ2n) is 2.85. The molecule has 62 valence electrons. The zero-order valence-corrected chi connectivity index (χ0v) is 7.04. The lowest BCUT2D eigenvalue weighted by Crippen LogP contribution is -1.86. The van der Waals surface area contributed by atoms with Gasteiger partial charge in [0.1, 0.15) is 0 Å². The Hall–Kier alpha value is -1.38. The summed E-state index contributed by atoms with van der Waals surface area (Å²) in [6.45, 7) is 2.16. The van der Waals surface area contributed by atoms with Crippen LogP contribution < -0.4 is 0 Å². The fourth-order valence-electron chi connectivity index (χ4n) is 1.37. The summed E-state index contributed by atoms with van der Waals surface area (Å²) in [6, 6.07) is 0. The summed E-state index contributed by atoms with van der Waals surface area (Å²) in [6.07, 6.45) is 7.60. The zero-order chi connectivity index (χ0) is 8.39. The fourth-order valence-corrected chi connectivity index (χ4v) is 1.37. The topological polar surface area (TPSA) is 41.6 Å². The van der Waals surface area contributed by atoms with Gasteiger partial charge in [-0.25, -0.2) is 4.98 Å². The molecule has 0 aliphatic heterocycles. The lowest BCUT2D eigenvalue weighted by Gasteiger charge is -1.97. The van der Waals surface area contributed by atoms with E-state index in [1.54, 1.807) is 6.33 Å². The number of rotatable bonds is 2. The monoisotopic (exact) mass is 161 g/mol. The molecule has 2 rings (SSSR count). The first-order valence-electron chi connectivity index (χ1n) is 4.17. The number of hydrogen-bond donors (Lipinski definition) is 1. The number of aromatic amines is 1. The Bertz CT molecular complexity index is 378. The highest BCUT2D eigenvalue weighted by Crippen LogP contribution is 2.13. The zero-order valence-electron chi connectivity index (χ0n) is 7.04. The molecule has 12 heavy (non-hydrogen) atoms. The molecule has 3 heteroatoms. The van der Waals surface area contributed by atoms with E-state index >= 15 is 0 Å². The standard InChI is InChI=1S/C9H11N3/c1-2-3-7-4-10-5-8-9(7)12-6-11-8/h4-6H,2-3H2,1H3,(H,11,12). The Morgan fingerprint density at radius 2 is 2.33 bits per heavy atom. The van der Waals surface area contributed by atoms with E-state index in [0.717, 1.165) is 23.9 Å². The molecule has 3 nitrogen and oxygen atoms in total. The molecule has 0 saturated heterocycles. The van der Waals surface area contributed by atoms with Crippen molar-refractivity contribution < 1.29 is 0 Å². The quantitative estimate of drug-likeness (QED) is 0.731. The molecular formula is C9H11N3. The van der Waals surface area contributed by atoms with E-state index in [1.165, 1.54) is 5.56 Å².